The summed E-state index contributed by atoms with van der Waals surface area (Å²) in [5.74, 6) is 0. The van der Waals surface area contributed by atoms with Crippen molar-refractivity contribution in [3.63, 3.8) is 0 Å². The first kappa shape index (κ1) is 16.5. The van der Waals surface area contributed by atoms with Gasteiger partial charge in [-0.15, -0.1) is 0 Å². The van der Waals surface area contributed by atoms with Gasteiger partial charge in [0.25, 0.3) is 0 Å². The Morgan fingerprint density at radius 3 is 3.00 bits per heavy atom. The molecule has 1 fully saturated rings. The Balaban J connectivity index is 1.97. The Morgan fingerprint density at radius 1 is 1.52 bits per heavy atom. The second-order valence-corrected chi connectivity index (χ2v) is 7.50. The molecule has 2 heterocycles. The van der Waals surface area contributed by atoms with Crippen LogP contribution in [0.5, 0.6) is 0 Å². The minimum absolute atomic E-state index is 0.0226. The van der Waals surface area contributed by atoms with Crippen LogP contribution < -0.4 is 5.32 Å². The number of ether oxygens (including phenoxy) is 1. The highest BCUT2D eigenvalue weighted by Gasteiger charge is 2.26. The van der Waals surface area contributed by atoms with Gasteiger partial charge in [0.05, 0.1) is 11.0 Å². The molecule has 0 amide bonds. The topological polar surface area (TPSA) is 74.4 Å². The van der Waals surface area contributed by atoms with Crippen molar-refractivity contribution in [2.75, 3.05) is 26.7 Å². The van der Waals surface area contributed by atoms with E-state index in [1.807, 2.05) is 0 Å². The number of hydrogen-bond donors (Lipinski definition) is 2. The number of H-pyrrole nitrogens is 1. The Kier molecular flexibility index (Phi) is 5.80. The second kappa shape index (κ2) is 7.40. The molecule has 2 rings (SSSR count). The van der Waals surface area contributed by atoms with E-state index in [1.54, 1.807) is 19.3 Å². The van der Waals surface area contributed by atoms with Crippen molar-refractivity contribution in [2.24, 2.45) is 0 Å². The Hall–Kier alpha value is -0.890. The van der Waals surface area contributed by atoms with E-state index in [1.165, 1.54) is 4.31 Å². The van der Waals surface area contributed by atoms with Crippen molar-refractivity contribution in [1.82, 2.24) is 14.6 Å². The molecule has 0 aliphatic carbocycles. The lowest BCUT2D eigenvalue weighted by molar-refractivity contribution is 0.0979. The lowest BCUT2D eigenvalue weighted by Gasteiger charge is -2.19. The van der Waals surface area contributed by atoms with Gasteiger partial charge in [-0.25, -0.2) is 8.42 Å². The van der Waals surface area contributed by atoms with Crippen LogP contribution in [0.25, 0.3) is 0 Å². The Labute approximate surface area is 126 Å². The molecule has 0 saturated carbocycles. The number of likely N-dealkylation sites (N-methyl/N-ethyl adjacent to an activating group) is 1. The van der Waals surface area contributed by atoms with Crippen LogP contribution in [0.1, 0.15) is 31.9 Å². The van der Waals surface area contributed by atoms with Crippen LogP contribution in [0, 0.1) is 0 Å². The molecule has 1 atom stereocenters. The fourth-order valence-electron chi connectivity index (χ4n) is 2.42. The van der Waals surface area contributed by atoms with Crippen molar-refractivity contribution in [1.29, 1.82) is 0 Å². The summed E-state index contributed by atoms with van der Waals surface area (Å²) in [5.41, 5.74) is 0.882. The fraction of sp³-hybridized carbons (Fsp3) is 0.714. The molecule has 1 unspecified atom stereocenters. The maximum absolute atomic E-state index is 12.5. The fourth-order valence-corrected chi connectivity index (χ4v) is 3.64. The highest BCUT2D eigenvalue weighted by molar-refractivity contribution is 7.89. The highest BCUT2D eigenvalue weighted by atomic mass is 32.2. The Morgan fingerprint density at radius 2 is 2.33 bits per heavy atom. The van der Waals surface area contributed by atoms with Gasteiger partial charge in [0.1, 0.15) is 0 Å². The van der Waals surface area contributed by atoms with Crippen LogP contribution in [0.4, 0.5) is 0 Å². The van der Waals surface area contributed by atoms with E-state index in [2.05, 4.69) is 17.2 Å². The van der Waals surface area contributed by atoms with Gasteiger partial charge in [0.15, 0.2) is 0 Å². The van der Waals surface area contributed by atoms with Gasteiger partial charge in [-0.2, -0.15) is 4.31 Å². The maximum Gasteiger partial charge on any atom is 0.244 e. The van der Waals surface area contributed by atoms with Crippen molar-refractivity contribution < 1.29 is 13.2 Å². The monoisotopic (exact) mass is 315 g/mol. The molecule has 21 heavy (non-hydrogen) atoms. The molecule has 0 aromatic carbocycles. The summed E-state index contributed by atoms with van der Waals surface area (Å²) >= 11 is 0. The van der Waals surface area contributed by atoms with E-state index in [-0.39, 0.29) is 6.10 Å². The standard InChI is InChI=1S/C14H25N3O3S/c1-3-6-15-9-12-8-14(10-16-12)21(18,19)17(2)11-13-5-4-7-20-13/h8,10,13,15-16H,3-7,9,11H2,1-2H3. The number of aromatic amines is 1. The number of rotatable bonds is 8. The molecule has 0 bridgehead atoms. The molecule has 1 aromatic heterocycles. The second-order valence-electron chi connectivity index (χ2n) is 5.46. The van der Waals surface area contributed by atoms with Gasteiger partial charge in [-0.1, -0.05) is 6.92 Å². The zero-order chi connectivity index (χ0) is 15.3. The van der Waals surface area contributed by atoms with Gasteiger partial charge in [-0.3, -0.25) is 0 Å². The first-order chi connectivity index (χ1) is 10.0. The lowest BCUT2D eigenvalue weighted by Crippen LogP contribution is -2.33. The molecule has 1 aliphatic rings. The molecule has 1 saturated heterocycles. The zero-order valence-electron chi connectivity index (χ0n) is 12.8. The first-order valence-corrected chi connectivity index (χ1v) is 8.94. The van der Waals surface area contributed by atoms with Crippen molar-refractivity contribution in [3.05, 3.63) is 18.0 Å². The number of nitrogens with zero attached hydrogens (tertiary/aromatic N) is 1. The normalized spacial score (nSPS) is 19.5. The zero-order valence-corrected chi connectivity index (χ0v) is 13.6. The molecule has 6 nitrogen and oxygen atoms in total. The van der Waals surface area contributed by atoms with Gasteiger partial charge < -0.3 is 15.0 Å². The van der Waals surface area contributed by atoms with Gasteiger partial charge in [0.2, 0.25) is 10.0 Å². The predicted octanol–water partition coefficient (Wildman–Crippen LogP) is 1.31. The first-order valence-electron chi connectivity index (χ1n) is 7.50. The minimum Gasteiger partial charge on any atom is -0.377 e. The molecule has 1 aromatic rings. The van der Waals surface area contributed by atoms with Crippen LogP contribution in [0.15, 0.2) is 17.2 Å². The van der Waals surface area contributed by atoms with E-state index in [0.717, 1.165) is 38.1 Å². The molecule has 7 heteroatoms. The van der Waals surface area contributed by atoms with Gasteiger partial charge in [-0.05, 0) is 31.9 Å². The maximum atomic E-state index is 12.5. The van der Waals surface area contributed by atoms with E-state index in [9.17, 15) is 8.42 Å². The smallest absolute Gasteiger partial charge is 0.244 e. The average molecular weight is 315 g/mol. The van der Waals surface area contributed by atoms with Gasteiger partial charge >= 0.3 is 0 Å². The van der Waals surface area contributed by atoms with Crippen LogP contribution in [-0.2, 0) is 21.3 Å². The number of sulfonamides is 1. The van der Waals surface area contributed by atoms with Crippen molar-refractivity contribution >= 4 is 10.0 Å². The number of nitrogens with one attached hydrogen (secondary N) is 2. The van der Waals surface area contributed by atoms with Crippen LogP contribution in [0.2, 0.25) is 0 Å². The average Bonchev–Trinajstić information content (AvgIpc) is 3.10. The molecule has 120 valence electrons. The summed E-state index contributed by atoms with van der Waals surface area (Å²) in [5, 5.41) is 3.24. The van der Waals surface area contributed by atoms with E-state index in [4.69, 9.17) is 4.74 Å². The summed E-state index contributed by atoms with van der Waals surface area (Å²) in [7, 11) is -1.83. The van der Waals surface area contributed by atoms with Crippen molar-refractivity contribution in [3.8, 4) is 0 Å². The third kappa shape index (κ3) is 4.29. The van der Waals surface area contributed by atoms with Crippen LogP contribution >= 0.6 is 0 Å². The highest BCUT2D eigenvalue weighted by Crippen LogP contribution is 2.19. The van der Waals surface area contributed by atoms with Gasteiger partial charge in [0, 0.05) is 38.6 Å². The summed E-state index contributed by atoms with van der Waals surface area (Å²) < 4.78 is 31.9. The molecule has 0 spiro atoms. The lowest BCUT2D eigenvalue weighted by atomic mass is 10.2. The summed E-state index contributed by atoms with van der Waals surface area (Å²) in [6.07, 6.45) is 4.57. The SMILES string of the molecule is CCCNCc1cc(S(=O)(=O)N(C)CC2CCCO2)c[nH]1. The predicted molar refractivity (Wildman–Crippen MR) is 81.6 cm³/mol. The van der Waals surface area contributed by atoms with E-state index >= 15 is 0 Å². The van der Waals surface area contributed by atoms with E-state index < -0.39 is 10.0 Å². The molecular formula is C14H25N3O3S. The Bertz CT molecular complexity index is 535. The van der Waals surface area contributed by atoms with Crippen molar-refractivity contribution in [2.45, 2.75) is 43.7 Å². The summed E-state index contributed by atoms with van der Waals surface area (Å²) in [6.45, 7) is 4.81. The third-order valence-corrected chi connectivity index (χ3v) is 5.45. The van der Waals surface area contributed by atoms with Crippen LogP contribution in [0.3, 0.4) is 0 Å². The van der Waals surface area contributed by atoms with E-state index in [0.29, 0.717) is 18.0 Å². The quantitative estimate of drug-likeness (QED) is 0.710. The number of aromatic nitrogens is 1. The minimum atomic E-state index is -3.44. The molecule has 2 N–H and O–H groups in total. The molecular weight excluding hydrogens is 290 g/mol. The summed E-state index contributed by atoms with van der Waals surface area (Å²) in [6, 6.07) is 1.70. The third-order valence-electron chi connectivity index (χ3n) is 3.65. The number of hydrogen-bond acceptors (Lipinski definition) is 4. The largest absolute Gasteiger partial charge is 0.377 e. The summed E-state index contributed by atoms with van der Waals surface area (Å²) in [4.78, 5) is 3.34. The molecule has 0 radical (unpaired) electrons. The van der Waals surface area contributed by atoms with Crippen LogP contribution in [-0.4, -0.2) is 50.6 Å². The molecule has 1 aliphatic heterocycles.